The molecule has 0 spiro atoms. The van der Waals surface area contributed by atoms with Crippen molar-refractivity contribution in [1.82, 2.24) is 0 Å². The van der Waals surface area contributed by atoms with Gasteiger partial charge in [0.1, 0.15) is 11.6 Å². The van der Waals surface area contributed by atoms with Gasteiger partial charge in [0.2, 0.25) is 12.1 Å². The topological polar surface area (TPSA) is 57.5 Å². The van der Waals surface area contributed by atoms with Gasteiger partial charge in [-0.25, -0.2) is 8.78 Å². The third-order valence-electron chi connectivity index (χ3n) is 1.44. The molecule has 0 amide bonds. The molecular formula is C8H6F2O3. The first kappa shape index (κ1) is 9.76. The Morgan fingerprint density at radius 3 is 2.08 bits per heavy atom. The van der Waals surface area contributed by atoms with Crippen molar-refractivity contribution >= 4 is 5.78 Å². The number of benzene rings is 1. The van der Waals surface area contributed by atoms with Crippen molar-refractivity contribution in [2.24, 2.45) is 0 Å². The molecule has 0 aliphatic carbocycles. The largest absolute Gasteiger partial charge is 0.362 e. The summed E-state index contributed by atoms with van der Waals surface area (Å²) in [7, 11) is 0. The number of aliphatic hydroxyl groups is 2. The molecule has 2 N–H and O–H groups in total. The van der Waals surface area contributed by atoms with Gasteiger partial charge in [-0.05, 0) is 12.1 Å². The van der Waals surface area contributed by atoms with Crippen molar-refractivity contribution in [2.45, 2.75) is 6.29 Å². The van der Waals surface area contributed by atoms with E-state index in [2.05, 4.69) is 0 Å². The molecule has 1 rings (SSSR count). The van der Waals surface area contributed by atoms with Gasteiger partial charge < -0.3 is 10.2 Å². The lowest BCUT2D eigenvalue weighted by molar-refractivity contribution is -0.0201. The highest BCUT2D eigenvalue weighted by atomic mass is 19.1. The van der Waals surface area contributed by atoms with E-state index in [1.54, 1.807) is 0 Å². The average molecular weight is 188 g/mol. The standard InChI is InChI=1S/C8H6F2O3/c9-4-2-1-3-5(10)6(4)7(11)8(12)13/h1-3,8,12-13H. The van der Waals surface area contributed by atoms with Crippen LogP contribution in [0.5, 0.6) is 0 Å². The van der Waals surface area contributed by atoms with Gasteiger partial charge in [0, 0.05) is 0 Å². The summed E-state index contributed by atoms with van der Waals surface area (Å²) in [5.74, 6) is -3.62. The quantitative estimate of drug-likeness (QED) is 0.523. The maximum atomic E-state index is 12.8. The van der Waals surface area contributed by atoms with Crippen LogP contribution in [0, 0.1) is 11.6 Å². The molecule has 1 aromatic rings. The molecule has 0 bridgehead atoms. The SMILES string of the molecule is O=C(c1c(F)cccc1F)C(O)O. The van der Waals surface area contributed by atoms with Crippen LogP contribution in [0.1, 0.15) is 10.4 Å². The van der Waals surface area contributed by atoms with Crippen molar-refractivity contribution in [3.05, 3.63) is 35.4 Å². The first-order valence-electron chi connectivity index (χ1n) is 3.38. The van der Waals surface area contributed by atoms with Crippen LogP contribution < -0.4 is 0 Å². The predicted molar refractivity (Wildman–Crippen MR) is 38.9 cm³/mol. The van der Waals surface area contributed by atoms with Crippen LogP contribution in [0.15, 0.2) is 18.2 Å². The third-order valence-corrected chi connectivity index (χ3v) is 1.44. The Labute approximate surface area is 72.2 Å². The second kappa shape index (κ2) is 3.59. The Morgan fingerprint density at radius 1 is 1.23 bits per heavy atom. The van der Waals surface area contributed by atoms with Gasteiger partial charge >= 0.3 is 0 Å². The van der Waals surface area contributed by atoms with Gasteiger partial charge in [-0.3, -0.25) is 4.79 Å². The van der Waals surface area contributed by atoms with E-state index in [-0.39, 0.29) is 0 Å². The van der Waals surface area contributed by atoms with Gasteiger partial charge in [-0.1, -0.05) is 6.07 Å². The maximum Gasteiger partial charge on any atom is 0.224 e. The van der Waals surface area contributed by atoms with Crippen LogP contribution >= 0.6 is 0 Å². The fourth-order valence-corrected chi connectivity index (χ4v) is 0.862. The third kappa shape index (κ3) is 1.88. The molecule has 0 atom stereocenters. The fourth-order valence-electron chi connectivity index (χ4n) is 0.862. The van der Waals surface area contributed by atoms with Crippen LogP contribution in [0.2, 0.25) is 0 Å². The number of carbonyl (C=O) groups excluding carboxylic acids is 1. The number of carbonyl (C=O) groups is 1. The van der Waals surface area contributed by atoms with Crippen molar-refractivity contribution in [2.75, 3.05) is 0 Å². The Kier molecular flexibility index (Phi) is 2.69. The zero-order chi connectivity index (χ0) is 10.0. The molecule has 0 aliphatic rings. The van der Waals surface area contributed by atoms with Crippen molar-refractivity contribution in [1.29, 1.82) is 0 Å². The van der Waals surface area contributed by atoms with Crippen LogP contribution in [0.4, 0.5) is 8.78 Å². The summed E-state index contributed by atoms with van der Waals surface area (Å²) in [6.45, 7) is 0. The zero-order valence-electron chi connectivity index (χ0n) is 6.37. The highest BCUT2D eigenvalue weighted by Gasteiger charge is 2.21. The van der Waals surface area contributed by atoms with Crippen LogP contribution in [0.3, 0.4) is 0 Å². The van der Waals surface area contributed by atoms with E-state index in [1.807, 2.05) is 0 Å². The van der Waals surface area contributed by atoms with Crippen molar-refractivity contribution < 1.29 is 23.8 Å². The smallest absolute Gasteiger partial charge is 0.224 e. The van der Waals surface area contributed by atoms with E-state index in [1.165, 1.54) is 0 Å². The summed E-state index contributed by atoms with van der Waals surface area (Å²) in [6.07, 6.45) is -2.40. The summed E-state index contributed by atoms with van der Waals surface area (Å²) >= 11 is 0. The number of halogens is 2. The highest BCUT2D eigenvalue weighted by Crippen LogP contribution is 2.13. The normalized spacial score (nSPS) is 10.5. The highest BCUT2D eigenvalue weighted by molar-refractivity contribution is 5.98. The van der Waals surface area contributed by atoms with Crippen LogP contribution in [-0.4, -0.2) is 22.3 Å². The summed E-state index contributed by atoms with van der Waals surface area (Å²) in [5, 5.41) is 16.8. The second-order valence-corrected chi connectivity index (χ2v) is 2.33. The molecule has 13 heavy (non-hydrogen) atoms. The molecule has 70 valence electrons. The number of rotatable bonds is 2. The first-order valence-corrected chi connectivity index (χ1v) is 3.38. The number of hydrogen-bond donors (Lipinski definition) is 2. The zero-order valence-corrected chi connectivity index (χ0v) is 6.37. The van der Waals surface area contributed by atoms with E-state index in [9.17, 15) is 13.6 Å². The summed E-state index contributed by atoms with van der Waals surface area (Å²) < 4.78 is 25.6. The summed E-state index contributed by atoms with van der Waals surface area (Å²) in [4.78, 5) is 10.8. The van der Waals surface area contributed by atoms with E-state index in [4.69, 9.17) is 10.2 Å². The van der Waals surface area contributed by atoms with Crippen LogP contribution in [0.25, 0.3) is 0 Å². The first-order chi connectivity index (χ1) is 6.04. The minimum atomic E-state index is -2.40. The van der Waals surface area contributed by atoms with Gasteiger partial charge in [-0.2, -0.15) is 0 Å². The van der Waals surface area contributed by atoms with E-state index >= 15 is 0 Å². The van der Waals surface area contributed by atoms with E-state index in [0.29, 0.717) is 0 Å². The molecule has 0 saturated carbocycles. The number of hydrogen-bond acceptors (Lipinski definition) is 3. The molecule has 0 unspecified atom stereocenters. The maximum absolute atomic E-state index is 12.8. The van der Waals surface area contributed by atoms with Crippen LogP contribution in [-0.2, 0) is 0 Å². The molecule has 0 radical (unpaired) electrons. The molecule has 3 nitrogen and oxygen atoms in total. The molecule has 0 saturated heterocycles. The molecule has 0 fully saturated rings. The molecule has 0 aliphatic heterocycles. The number of Topliss-reactive ketones (excluding diaryl/α,β-unsaturated/α-hetero) is 1. The van der Waals surface area contributed by atoms with Gasteiger partial charge in [0.05, 0.1) is 5.56 Å². The van der Waals surface area contributed by atoms with E-state index < -0.39 is 29.3 Å². The van der Waals surface area contributed by atoms with Gasteiger partial charge in [0.15, 0.2) is 0 Å². The molecule has 1 aromatic carbocycles. The van der Waals surface area contributed by atoms with Crippen molar-refractivity contribution in [3.8, 4) is 0 Å². The lowest BCUT2D eigenvalue weighted by Crippen LogP contribution is -2.21. The number of aliphatic hydroxyl groups excluding tert-OH is 1. The molecular weight excluding hydrogens is 182 g/mol. The second-order valence-electron chi connectivity index (χ2n) is 2.33. The predicted octanol–water partition coefficient (Wildman–Crippen LogP) is 0.458. The summed E-state index contributed by atoms with van der Waals surface area (Å²) in [6, 6.07) is 2.79. The Morgan fingerprint density at radius 2 is 1.69 bits per heavy atom. The average Bonchev–Trinajstić information content (AvgIpc) is 2.03. The molecule has 0 heterocycles. The monoisotopic (exact) mass is 188 g/mol. The minimum Gasteiger partial charge on any atom is -0.362 e. The minimum absolute atomic E-state index is 0.860. The number of ketones is 1. The van der Waals surface area contributed by atoms with E-state index in [0.717, 1.165) is 18.2 Å². The Balaban J connectivity index is 3.20. The molecule has 0 aromatic heterocycles. The Hall–Kier alpha value is -1.33. The fraction of sp³-hybridized carbons (Fsp3) is 0.125. The summed E-state index contributed by atoms with van der Waals surface area (Å²) in [5.41, 5.74) is -0.933. The van der Waals surface area contributed by atoms with Gasteiger partial charge in [-0.15, -0.1) is 0 Å². The molecule has 5 heteroatoms. The Bertz CT molecular complexity index is 316. The van der Waals surface area contributed by atoms with Crippen molar-refractivity contribution in [3.63, 3.8) is 0 Å². The van der Waals surface area contributed by atoms with Gasteiger partial charge in [0.25, 0.3) is 0 Å². The lowest BCUT2D eigenvalue weighted by atomic mass is 10.1. The lowest BCUT2D eigenvalue weighted by Gasteiger charge is -2.04.